The highest BCUT2D eigenvalue weighted by molar-refractivity contribution is 9.10. The summed E-state index contributed by atoms with van der Waals surface area (Å²) < 4.78 is 6.62. The van der Waals surface area contributed by atoms with Crippen molar-refractivity contribution in [2.45, 2.75) is 26.2 Å². The summed E-state index contributed by atoms with van der Waals surface area (Å²) in [5, 5.41) is 2.81. The lowest BCUT2D eigenvalue weighted by Gasteiger charge is -2.11. The Hall–Kier alpha value is -2.34. The van der Waals surface area contributed by atoms with E-state index >= 15 is 0 Å². The number of benzene rings is 2. The summed E-state index contributed by atoms with van der Waals surface area (Å²) in [4.78, 5) is 20.2. The fraction of sp³-hybridized carbons (Fsp3) is 0.263. The third-order valence-corrected chi connectivity index (χ3v) is 4.31. The molecular weight excluding hydrogens is 382 g/mol. The van der Waals surface area contributed by atoms with Gasteiger partial charge in [-0.25, -0.2) is 4.98 Å². The van der Waals surface area contributed by atoms with Crippen LogP contribution in [0.5, 0.6) is 5.75 Å². The number of anilines is 1. The van der Waals surface area contributed by atoms with Gasteiger partial charge in [-0.3, -0.25) is 10.1 Å². The Labute approximate surface area is 154 Å². The SMILES string of the molecule is CCCCCOc1ccc(Br)cc1C(=O)Nc1nc2ccccc2[nH]1. The fourth-order valence-electron chi connectivity index (χ4n) is 2.53. The first-order valence-corrected chi connectivity index (χ1v) is 9.15. The van der Waals surface area contributed by atoms with Crippen molar-refractivity contribution in [3.8, 4) is 5.75 Å². The molecule has 3 rings (SSSR count). The third-order valence-electron chi connectivity index (χ3n) is 3.81. The summed E-state index contributed by atoms with van der Waals surface area (Å²) in [5.74, 6) is 0.738. The van der Waals surface area contributed by atoms with Gasteiger partial charge in [-0.15, -0.1) is 0 Å². The van der Waals surface area contributed by atoms with Gasteiger partial charge in [0, 0.05) is 4.47 Å². The molecule has 0 atom stereocenters. The van der Waals surface area contributed by atoms with Gasteiger partial charge in [0.25, 0.3) is 5.91 Å². The van der Waals surface area contributed by atoms with Crippen molar-refractivity contribution in [3.05, 3.63) is 52.5 Å². The highest BCUT2D eigenvalue weighted by Crippen LogP contribution is 2.25. The molecular formula is C19H20BrN3O2. The molecule has 0 spiro atoms. The van der Waals surface area contributed by atoms with Crippen molar-refractivity contribution < 1.29 is 9.53 Å². The third kappa shape index (κ3) is 4.39. The van der Waals surface area contributed by atoms with E-state index in [2.05, 4.69) is 38.1 Å². The van der Waals surface area contributed by atoms with E-state index in [-0.39, 0.29) is 5.91 Å². The first-order chi connectivity index (χ1) is 12.2. The van der Waals surface area contributed by atoms with Gasteiger partial charge in [-0.05, 0) is 36.8 Å². The number of unbranched alkanes of at least 4 members (excludes halogenated alkanes) is 2. The maximum Gasteiger partial charge on any atom is 0.261 e. The van der Waals surface area contributed by atoms with E-state index < -0.39 is 0 Å². The first-order valence-electron chi connectivity index (χ1n) is 8.36. The predicted octanol–water partition coefficient (Wildman–Crippen LogP) is 5.15. The van der Waals surface area contributed by atoms with E-state index in [1.807, 2.05) is 36.4 Å². The number of fused-ring (bicyclic) bond motifs is 1. The van der Waals surface area contributed by atoms with Crippen molar-refractivity contribution in [1.29, 1.82) is 0 Å². The number of carbonyl (C=O) groups is 1. The number of hydrogen-bond donors (Lipinski definition) is 2. The van der Waals surface area contributed by atoms with Crippen LogP contribution in [0, 0.1) is 0 Å². The number of imidazole rings is 1. The number of para-hydroxylation sites is 2. The molecule has 2 aromatic carbocycles. The molecule has 3 aromatic rings. The Morgan fingerprint density at radius 3 is 2.88 bits per heavy atom. The van der Waals surface area contributed by atoms with E-state index in [4.69, 9.17) is 4.74 Å². The number of carbonyl (C=O) groups excluding carboxylic acids is 1. The number of H-pyrrole nitrogens is 1. The largest absolute Gasteiger partial charge is 0.493 e. The molecule has 25 heavy (non-hydrogen) atoms. The molecule has 5 nitrogen and oxygen atoms in total. The molecule has 0 unspecified atom stereocenters. The zero-order valence-corrected chi connectivity index (χ0v) is 15.6. The van der Waals surface area contributed by atoms with Crippen molar-refractivity contribution in [3.63, 3.8) is 0 Å². The summed E-state index contributed by atoms with van der Waals surface area (Å²) in [6.45, 7) is 2.74. The molecule has 1 heterocycles. The van der Waals surface area contributed by atoms with Crippen LogP contribution in [0.4, 0.5) is 5.95 Å². The Kier molecular flexibility index (Phi) is 5.71. The molecule has 0 aliphatic carbocycles. The topological polar surface area (TPSA) is 67.0 Å². The van der Waals surface area contributed by atoms with Crippen molar-refractivity contribution in [2.75, 3.05) is 11.9 Å². The van der Waals surface area contributed by atoms with E-state index in [1.54, 1.807) is 6.07 Å². The fourth-order valence-corrected chi connectivity index (χ4v) is 2.89. The van der Waals surface area contributed by atoms with E-state index in [9.17, 15) is 4.79 Å². The van der Waals surface area contributed by atoms with Crippen molar-refractivity contribution in [2.24, 2.45) is 0 Å². The number of halogens is 1. The van der Waals surface area contributed by atoms with E-state index in [0.29, 0.717) is 23.9 Å². The summed E-state index contributed by atoms with van der Waals surface area (Å²) in [5.41, 5.74) is 2.16. The lowest BCUT2D eigenvalue weighted by molar-refractivity contribution is 0.102. The van der Waals surface area contributed by atoms with Crippen LogP contribution < -0.4 is 10.1 Å². The minimum Gasteiger partial charge on any atom is -0.493 e. The zero-order chi connectivity index (χ0) is 17.6. The van der Waals surface area contributed by atoms with Crippen LogP contribution in [-0.2, 0) is 0 Å². The van der Waals surface area contributed by atoms with Crippen LogP contribution in [0.1, 0.15) is 36.5 Å². The Morgan fingerprint density at radius 1 is 1.24 bits per heavy atom. The zero-order valence-electron chi connectivity index (χ0n) is 14.0. The van der Waals surface area contributed by atoms with Crippen LogP contribution in [0.2, 0.25) is 0 Å². The lowest BCUT2D eigenvalue weighted by atomic mass is 10.2. The number of hydrogen-bond acceptors (Lipinski definition) is 3. The number of amides is 1. The van der Waals surface area contributed by atoms with Gasteiger partial charge in [0.15, 0.2) is 0 Å². The number of nitrogens with zero attached hydrogens (tertiary/aromatic N) is 1. The van der Waals surface area contributed by atoms with Gasteiger partial charge in [0.1, 0.15) is 5.75 Å². The van der Waals surface area contributed by atoms with Crippen LogP contribution >= 0.6 is 15.9 Å². The molecule has 0 aliphatic heterocycles. The highest BCUT2D eigenvalue weighted by atomic mass is 79.9. The summed E-state index contributed by atoms with van der Waals surface area (Å²) >= 11 is 3.41. The summed E-state index contributed by atoms with van der Waals surface area (Å²) in [6, 6.07) is 13.1. The van der Waals surface area contributed by atoms with Crippen LogP contribution in [-0.4, -0.2) is 22.5 Å². The van der Waals surface area contributed by atoms with E-state index in [0.717, 1.165) is 34.8 Å². The second-order valence-corrected chi connectivity index (χ2v) is 6.67. The Morgan fingerprint density at radius 2 is 2.08 bits per heavy atom. The molecule has 1 amide bonds. The Balaban J connectivity index is 1.77. The smallest absolute Gasteiger partial charge is 0.261 e. The number of aromatic nitrogens is 2. The Bertz CT molecular complexity index is 843. The normalized spacial score (nSPS) is 10.8. The number of ether oxygens (including phenoxy) is 1. The van der Waals surface area contributed by atoms with Gasteiger partial charge < -0.3 is 9.72 Å². The number of aromatic amines is 1. The summed E-state index contributed by atoms with van der Waals surface area (Å²) in [6.07, 6.45) is 3.21. The second-order valence-electron chi connectivity index (χ2n) is 5.75. The lowest BCUT2D eigenvalue weighted by Crippen LogP contribution is -2.15. The number of rotatable bonds is 7. The van der Waals surface area contributed by atoms with Gasteiger partial charge in [0.05, 0.1) is 23.2 Å². The number of nitrogens with one attached hydrogen (secondary N) is 2. The summed E-state index contributed by atoms with van der Waals surface area (Å²) in [7, 11) is 0. The highest BCUT2D eigenvalue weighted by Gasteiger charge is 2.15. The maximum absolute atomic E-state index is 12.7. The van der Waals surface area contributed by atoms with Crippen LogP contribution in [0.3, 0.4) is 0 Å². The van der Waals surface area contributed by atoms with Crippen molar-refractivity contribution >= 4 is 38.8 Å². The molecule has 0 saturated heterocycles. The molecule has 0 fully saturated rings. The van der Waals surface area contributed by atoms with Gasteiger partial charge in [0.2, 0.25) is 5.95 Å². The molecule has 1 aromatic heterocycles. The monoisotopic (exact) mass is 401 g/mol. The standard InChI is InChI=1S/C19H20BrN3O2/c1-2-3-6-11-25-17-10-9-13(20)12-14(17)18(24)23-19-21-15-7-4-5-8-16(15)22-19/h4-5,7-10,12H,2-3,6,11H2,1H3,(H2,21,22,23,24). The first kappa shape index (κ1) is 17.5. The van der Waals surface area contributed by atoms with Gasteiger partial charge >= 0.3 is 0 Å². The quantitative estimate of drug-likeness (QED) is 0.538. The van der Waals surface area contributed by atoms with Crippen molar-refractivity contribution in [1.82, 2.24) is 9.97 Å². The minimum absolute atomic E-state index is 0.258. The van der Waals surface area contributed by atoms with Gasteiger partial charge in [-0.2, -0.15) is 0 Å². The van der Waals surface area contributed by atoms with E-state index in [1.165, 1.54) is 0 Å². The molecule has 6 heteroatoms. The molecule has 0 saturated carbocycles. The van der Waals surface area contributed by atoms with Crippen LogP contribution in [0.25, 0.3) is 11.0 Å². The minimum atomic E-state index is -0.258. The molecule has 0 radical (unpaired) electrons. The molecule has 0 bridgehead atoms. The second kappa shape index (κ2) is 8.16. The van der Waals surface area contributed by atoms with Gasteiger partial charge in [-0.1, -0.05) is 47.8 Å². The maximum atomic E-state index is 12.7. The van der Waals surface area contributed by atoms with Crippen LogP contribution in [0.15, 0.2) is 46.9 Å². The molecule has 130 valence electrons. The average Bonchev–Trinajstić information content (AvgIpc) is 3.02. The molecule has 0 aliphatic rings. The predicted molar refractivity (Wildman–Crippen MR) is 103 cm³/mol. The molecule has 2 N–H and O–H groups in total. The average molecular weight is 402 g/mol.